The molecule has 4 nitrogen and oxygen atoms in total. The maximum Gasteiger partial charge on any atom is 0.222 e. The number of hydrogen-bond donors (Lipinski definition) is 2. The van der Waals surface area contributed by atoms with Gasteiger partial charge in [0.15, 0.2) is 0 Å². The van der Waals surface area contributed by atoms with E-state index in [9.17, 15) is 0 Å². The molecule has 0 spiro atoms. The van der Waals surface area contributed by atoms with E-state index in [2.05, 4.69) is 4.99 Å². The molecule has 0 radical (unpaired) electrons. The van der Waals surface area contributed by atoms with Gasteiger partial charge in [0.1, 0.15) is 0 Å². The maximum absolute atomic E-state index is 8.74. The molecule has 1 aromatic rings. The molecule has 0 atom stereocenters. The lowest BCUT2D eigenvalue weighted by molar-refractivity contribution is 0.219. The first-order valence-corrected chi connectivity index (χ1v) is 3.95. The average molecular weight is 179 g/mol. The molecule has 0 fully saturated rings. The summed E-state index contributed by atoms with van der Waals surface area (Å²) in [6.07, 6.45) is 0. The lowest BCUT2D eigenvalue weighted by Crippen LogP contribution is -2.33. The van der Waals surface area contributed by atoms with Gasteiger partial charge in [-0.1, -0.05) is 18.2 Å². The maximum atomic E-state index is 8.74. The summed E-state index contributed by atoms with van der Waals surface area (Å²) in [6.45, 7) is 0. The molecule has 70 valence electrons. The zero-order valence-corrected chi connectivity index (χ0v) is 7.73. The van der Waals surface area contributed by atoms with Crippen molar-refractivity contribution in [3.05, 3.63) is 30.3 Å². The van der Waals surface area contributed by atoms with Crippen molar-refractivity contribution in [3.63, 3.8) is 0 Å². The van der Waals surface area contributed by atoms with Crippen LogP contribution in [0.5, 0.6) is 0 Å². The van der Waals surface area contributed by atoms with Crippen LogP contribution in [0.25, 0.3) is 0 Å². The van der Waals surface area contributed by atoms with Crippen molar-refractivity contribution in [1.29, 1.82) is 0 Å². The van der Waals surface area contributed by atoms with Crippen LogP contribution in [0, 0.1) is 0 Å². The minimum atomic E-state index is 0.409. The van der Waals surface area contributed by atoms with E-state index in [1.807, 2.05) is 35.8 Å². The summed E-state index contributed by atoms with van der Waals surface area (Å²) in [7, 11) is 3.59. The molecule has 4 heteroatoms. The van der Waals surface area contributed by atoms with Gasteiger partial charge < -0.3 is 4.90 Å². The molecule has 0 saturated heterocycles. The topological polar surface area (TPSA) is 47.9 Å². The molecule has 0 aromatic heterocycles. The molecule has 0 bridgehead atoms. The van der Waals surface area contributed by atoms with Gasteiger partial charge in [-0.3, -0.25) is 5.21 Å². The second-order valence-corrected chi connectivity index (χ2v) is 2.78. The number of nitrogens with one attached hydrogen (secondary N) is 1. The first-order valence-electron chi connectivity index (χ1n) is 3.95. The first kappa shape index (κ1) is 9.54. The van der Waals surface area contributed by atoms with E-state index in [1.54, 1.807) is 19.0 Å². The summed E-state index contributed by atoms with van der Waals surface area (Å²) >= 11 is 0. The molecule has 13 heavy (non-hydrogen) atoms. The van der Waals surface area contributed by atoms with Crippen LogP contribution < -0.4 is 5.48 Å². The van der Waals surface area contributed by atoms with Gasteiger partial charge in [-0.2, -0.15) is 0 Å². The third-order valence-electron chi connectivity index (χ3n) is 1.51. The summed E-state index contributed by atoms with van der Waals surface area (Å²) in [4.78, 5) is 5.85. The van der Waals surface area contributed by atoms with Crippen LogP contribution in [0.1, 0.15) is 0 Å². The lowest BCUT2D eigenvalue weighted by atomic mass is 10.3. The van der Waals surface area contributed by atoms with Gasteiger partial charge in [-0.15, -0.1) is 0 Å². The molecule has 0 aliphatic heterocycles. The minimum Gasteiger partial charge on any atom is -0.347 e. The standard InChI is InChI=1S/C9H13N3O/c1-12(2)9(11-13)10-8-6-4-3-5-7-8/h3-7,13H,1-2H3,(H,10,11). The van der Waals surface area contributed by atoms with Crippen molar-refractivity contribution in [1.82, 2.24) is 10.4 Å². The number of hydrogen-bond acceptors (Lipinski definition) is 2. The van der Waals surface area contributed by atoms with Gasteiger partial charge in [-0.25, -0.2) is 10.5 Å². The Kier molecular flexibility index (Phi) is 3.28. The van der Waals surface area contributed by atoms with Gasteiger partial charge in [0, 0.05) is 14.1 Å². The van der Waals surface area contributed by atoms with Crippen LogP contribution >= 0.6 is 0 Å². The molecule has 0 unspecified atom stereocenters. The van der Waals surface area contributed by atoms with Crippen molar-refractivity contribution in [3.8, 4) is 0 Å². The second kappa shape index (κ2) is 4.47. The fraction of sp³-hybridized carbons (Fsp3) is 0.222. The van der Waals surface area contributed by atoms with E-state index in [0.29, 0.717) is 5.96 Å². The van der Waals surface area contributed by atoms with Crippen molar-refractivity contribution in [2.75, 3.05) is 14.1 Å². The predicted octanol–water partition coefficient (Wildman–Crippen LogP) is 1.21. The summed E-state index contributed by atoms with van der Waals surface area (Å²) in [6, 6.07) is 9.43. The third-order valence-corrected chi connectivity index (χ3v) is 1.51. The molecule has 1 rings (SSSR count). The van der Waals surface area contributed by atoms with E-state index >= 15 is 0 Å². The van der Waals surface area contributed by atoms with Crippen LogP contribution in [-0.4, -0.2) is 30.2 Å². The molecule has 0 saturated carbocycles. The molecule has 0 aliphatic rings. The van der Waals surface area contributed by atoms with Crippen LogP contribution in [-0.2, 0) is 0 Å². The van der Waals surface area contributed by atoms with Crippen LogP contribution in [0.3, 0.4) is 0 Å². The number of benzene rings is 1. The molecule has 0 aliphatic carbocycles. The van der Waals surface area contributed by atoms with E-state index in [0.717, 1.165) is 5.69 Å². The highest BCUT2D eigenvalue weighted by Gasteiger charge is 1.98. The Morgan fingerprint density at radius 3 is 2.38 bits per heavy atom. The zero-order valence-electron chi connectivity index (χ0n) is 7.73. The van der Waals surface area contributed by atoms with E-state index in [-0.39, 0.29) is 0 Å². The lowest BCUT2D eigenvalue weighted by Gasteiger charge is -2.13. The van der Waals surface area contributed by atoms with E-state index in [1.165, 1.54) is 0 Å². The largest absolute Gasteiger partial charge is 0.347 e. The predicted molar refractivity (Wildman–Crippen MR) is 52.1 cm³/mol. The first-order chi connectivity index (χ1) is 6.24. The smallest absolute Gasteiger partial charge is 0.222 e. The number of guanidine groups is 1. The van der Waals surface area contributed by atoms with Crippen molar-refractivity contribution < 1.29 is 5.21 Å². The number of nitrogens with zero attached hydrogens (tertiary/aromatic N) is 2. The van der Waals surface area contributed by atoms with Crippen LogP contribution in [0.4, 0.5) is 5.69 Å². The fourth-order valence-corrected chi connectivity index (χ4v) is 0.850. The Balaban J connectivity index is 2.85. The summed E-state index contributed by atoms with van der Waals surface area (Å²) < 4.78 is 0. The minimum absolute atomic E-state index is 0.409. The average Bonchev–Trinajstić information content (AvgIpc) is 2.15. The number of hydroxylamine groups is 1. The monoisotopic (exact) mass is 179 g/mol. The summed E-state index contributed by atoms with van der Waals surface area (Å²) in [5.74, 6) is 0.409. The Hall–Kier alpha value is -1.55. The van der Waals surface area contributed by atoms with E-state index in [4.69, 9.17) is 5.21 Å². The highest BCUT2D eigenvalue weighted by Crippen LogP contribution is 2.09. The molecule has 0 amide bonds. The van der Waals surface area contributed by atoms with Crippen LogP contribution in [0.2, 0.25) is 0 Å². The van der Waals surface area contributed by atoms with Crippen molar-refractivity contribution in [2.24, 2.45) is 4.99 Å². The highest BCUT2D eigenvalue weighted by molar-refractivity contribution is 5.81. The number of para-hydroxylation sites is 1. The van der Waals surface area contributed by atoms with Gasteiger partial charge >= 0.3 is 0 Å². The molecular formula is C9H13N3O. The number of aliphatic imine (C=N–C) groups is 1. The Bertz CT molecular complexity index is 282. The number of rotatable bonds is 1. The summed E-state index contributed by atoms with van der Waals surface area (Å²) in [5, 5.41) is 8.74. The normalized spacial score (nSPS) is 11.2. The second-order valence-electron chi connectivity index (χ2n) is 2.78. The van der Waals surface area contributed by atoms with Crippen molar-refractivity contribution >= 4 is 11.6 Å². The quantitative estimate of drug-likeness (QED) is 0.387. The summed E-state index contributed by atoms with van der Waals surface area (Å²) in [5.41, 5.74) is 2.82. The van der Waals surface area contributed by atoms with Gasteiger partial charge in [0.2, 0.25) is 5.96 Å². The van der Waals surface area contributed by atoms with Crippen LogP contribution in [0.15, 0.2) is 35.3 Å². The SMILES string of the molecule is CN(C)C(=Nc1ccccc1)NO. The molecular weight excluding hydrogens is 166 g/mol. The van der Waals surface area contributed by atoms with Gasteiger partial charge in [0.25, 0.3) is 0 Å². The molecule has 2 N–H and O–H groups in total. The van der Waals surface area contributed by atoms with Crippen molar-refractivity contribution in [2.45, 2.75) is 0 Å². The zero-order chi connectivity index (χ0) is 9.68. The van der Waals surface area contributed by atoms with E-state index < -0.39 is 0 Å². The molecule has 0 heterocycles. The third kappa shape index (κ3) is 2.76. The Morgan fingerprint density at radius 2 is 1.92 bits per heavy atom. The molecule has 1 aromatic carbocycles. The van der Waals surface area contributed by atoms with Gasteiger partial charge in [0.05, 0.1) is 5.69 Å². The fourth-order valence-electron chi connectivity index (χ4n) is 0.850. The Morgan fingerprint density at radius 1 is 1.31 bits per heavy atom. The highest BCUT2D eigenvalue weighted by atomic mass is 16.5. The van der Waals surface area contributed by atoms with Gasteiger partial charge in [-0.05, 0) is 12.1 Å². The Labute approximate surface area is 77.5 Å².